The fourth-order valence-electron chi connectivity index (χ4n) is 2.85. The van der Waals surface area contributed by atoms with Crippen molar-refractivity contribution in [3.8, 4) is 0 Å². The van der Waals surface area contributed by atoms with Gasteiger partial charge in [-0.15, -0.1) is 0 Å². The summed E-state index contributed by atoms with van der Waals surface area (Å²) in [6.07, 6.45) is 3.63. The molecule has 0 aromatic rings. The number of rotatable bonds is 8. The van der Waals surface area contributed by atoms with E-state index >= 15 is 0 Å². The van der Waals surface area contributed by atoms with Crippen LogP contribution in [-0.4, -0.2) is 49.8 Å². The molecular formula is C16H34N2O. The van der Waals surface area contributed by atoms with Crippen LogP contribution in [0.2, 0.25) is 0 Å². The van der Waals surface area contributed by atoms with Crippen molar-refractivity contribution in [1.29, 1.82) is 0 Å². The molecule has 0 unspecified atom stereocenters. The summed E-state index contributed by atoms with van der Waals surface area (Å²) in [5.74, 6) is 0. The van der Waals surface area contributed by atoms with Crippen LogP contribution in [-0.2, 0) is 4.74 Å². The minimum Gasteiger partial charge on any atom is -0.381 e. The van der Waals surface area contributed by atoms with Gasteiger partial charge in [0.1, 0.15) is 0 Å². The molecule has 1 rings (SSSR count). The van der Waals surface area contributed by atoms with Crippen LogP contribution in [0.5, 0.6) is 0 Å². The fourth-order valence-corrected chi connectivity index (χ4v) is 2.85. The Morgan fingerprint density at radius 2 is 1.79 bits per heavy atom. The molecule has 3 heteroatoms. The smallest absolute Gasteiger partial charge is 0.0472 e. The van der Waals surface area contributed by atoms with E-state index in [9.17, 15) is 0 Å². The number of nitrogens with zero attached hydrogens (tertiary/aromatic N) is 1. The zero-order chi connectivity index (χ0) is 14.3. The minimum absolute atomic E-state index is 0.405. The highest BCUT2D eigenvalue weighted by atomic mass is 16.5. The Labute approximate surface area is 120 Å². The average molecular weight is 270 g/mol. The van der Waals surface area contributed by atoms with E-state index in [4.69, 9.17) is 4.74 Å². The zero-order valence-corrected chi connectivity index (χ0v) is 13.7. The molecule has 0 spiro atoms. The quantitative estimate of drug-likeness (QED) is 0.734. The highest BCUT2D eigenvalue weighted by Gasteiger charge is 2.34. The van der Waals surface area contributed by atoms with Crippen LogP contribution < -0.4 is 5.32 Å². The maximum Gasteiger partial charge on any atom is 0.0472 e. The molecule has 1 N–H and O–H groups in total. The van der Waals surface area contributed by atoms with Gasteiger partial charge in [0.15, 0.2) is 0 Å². The second-order valence-electron chi connectivity index (χ2n) is 6.71. The first-order chi connectivity index (χ1) is 8.99. The normalized spacial score (nSPS) is 19.6. The van der Waals surface area contributed by atoms with Gasteiger partial charge in [0.25, 0.3) is 0 Å². The molecule has 0 radical (unpaired) electrons. The van der Waals surface area contributed by atoms with E-state index in [0.29, 0.717) is 17.5 Å². The molecule has 0 bridgehead atoms. The second kappa shape index (κ2) is 8.23. The van der Waals surface area contributed by atoms with Crippen molar-refractivity contribution in [3.05, 3.63) is 0 Å². The van der Waals surface area contributed by atoms with E-state index in [0.717, 1.165) is 19.8 Å². The van der Waals surface area contributed by atoms with E-state index in [1.54, 1.807) is 0 Å². The van der Waals surface area contributed by atoms with Crippen LogP contribution in [0.15, 0.2) is 0 Å². The molecule has 0 amide bonds. The molecule has 1 aliphatic heterocycles. The van der Waals surface area contributed by atoms with E-state index in [1.807, 2.05) is 0 Å². The third-order valence-electron chi connectivity index (χ3n) is 4.22. The van der Waals surface area contributed by atoms with E-state index < -0.39 is 0 Å². The molecule has 0 saturated carbocycles. The van der Waals surface area contributed by atoms with Crippen LogP contribution in [0, 0.1) is 5.41 Å². The Morgan fingerprint density at radius 3 is 2.26 bits per heavy atom. The molecule has 0 atom stereocenters. The molecule has 0 aromatic carbocycles. The number of hydrogen-bond acceptors (Lipinski definition) is 3. The molecule has 19 heavy (non-hydrogen) atoms. The van der Waals surface area contributed by atoms with Crippen molar-refractivity contribution < 1.29 is 4.74 Å². The van der Waals surface area contributed by atoms with Gasteiger partial charge in [0, 0.05) is 38.4 Å². The third-order valence-corrected chi connectivity index (χ3v) is 4.22. The van der Waals surface area contributed by atoms with Gasteiger partial charge < -0.3 is 15.0 Å². The summed E-state index contributed by atoms with van der Waals surface area (Å²) in [6.45, 7) is 16.8. The molecule has 114 valence electrons. The highest BCUT2D eigenvalue weighted by molar-refractivity contribution is 4.88. The van der Waals surface area contributed by atoms with Gasteiger partial charge in [-0.2, -0.15) is 0 Å². The molecule has 0 aromatic heterocycles. The van der Waals surface area contributed by atoms with E-state index in [2.05, 4.69) is 44.8 Å². The van der Waals surface area contributed by atoms with Gasteiger partial charge in [0.2, 0.25) is 0 Å². The van der Waals surface area contributed by atoms with Crippen LogP contribution in [0.25, 0.3) is 0 Å². The van der Waals surface area contributed by atoms with Crippen LogP contribution >= 0.6 is 0 Å². The first-order valence-corrected chi connectivity index (χ1v) is 8.04. The van der Waals surface area contributed by atoms with E-state index in [1.165, 1.54) is 32.4 Å². The number of ether oxygens (including phenoxy) is 1. The lowest BCUT2D eigenvalue weighted by atomic mass is 9.79. The van der Waals surface area contributed by atoms with Gasteiger partial charge in [-0.05, 0) is 45.1 Å². The summed E-state index contributed by atoms with van der Waals surface area (Å²) in [4.78, 5) is 2.65. The van der Waals surface area contributed by atoms with Gasteiger partial charge in [-0.25, -0.2) is 0 Å². The Hall–Kier alpha value is -0.120. The second-order valence-corrected chi connectivity index (χ2v) is 6.71. The largest absolute Gasteiger partial charge is 0.381 e. The predicted octanol–water partition coefficient (Wildman–Crippen LogP) is 2.90. The Balaban J connectivity index is 2.65. The van der Waals surface area contributed by atoms with Crippen molar-refractivity contribution in [2.24, 2.45) is 5.41 Å². The average Bonchev–Trinajstić information content (AvgIpc) is 2.37. The van der Waals surface area contributed by atoms with Gasteiger partial charge >= 0.3 is 0 Å². The van der Waals surface area contributed by atoms with E-state index in [-0.39, 0.29) is 0 Å². The topological polar surface area (TPSA) is 24.5 Å². The lowest BCUT2D eigenvalue weighted by Crippen LogP contribution is -2.50. The van der Waals surface area contributed by atoms with Crippen molar-refractivity contribution in [1.82, 2.24) is 10.2 Å². The molecular weight excluding hydrogens is 236 g/mol. The monoisotopic (exact) mass is 270 g/mol. The predicted molar refractivity (Wildman–Crippen MR) is 82.6 cm³/mol. The molecule has 0 aliphatic carbocycles. The third kappa shape index (κ3) is 5.80. The van der Waals surface area contributed by atoms with Gasteiger partial charge in [-0.1, -0.05) is 20.8 Å². The molecule has 1 heterocycles. The summed E-state index contributed by atoms with van der Waals surface area (Å²) < 4.78 is 5.59. The number of hydrogen-bond donors (Lipinski definition) is 1. The maximum absolute atomic E-state index is 5.59. The molecule has 1 aliphatic rings. The lowest BCUT2D eigenvalue weighted by molar-refractivity contribution is -0.0103. The molecule has 1 saturated heterocycles. The fraction of sp³-hybridized carbons (Fsp3) is 1.00. The van der Waals surface area contributed by atoms with Crippen LogP contribution in [0.4, 0.5) is 0 Å². The summed E-state index contributed by atoms with van der Waals surface area (Å²) in [6, 6.07) is 1.21. The summed E-state index contributed by atoms with van der Waals surface area (Å²) in [5.41, 5.74) is 0.405. The SMILES string of the molecule is CCCN(CC1(CNC(C)C)CCOCC1)C(C)C. The van der Waals surface area contributed by atoms with Crippen molar-refractivity contribution in [2.45, 2.75) is 66.0 Å². The summed E-state index contributed by atoms with van der Waals surface area (Å²) >= 11 is 0. The Bertz CT molecular complexity index is 235. The zero-order valence-electron chi connectivity index (χ0n) is 13.7. The van der Waals surface area contributed by atoms with Crippen molar-refractivity contribution >= 4 is 0 Å². The molecule has 3 nitrogen and oxygen atoms in total. The van der Waals surface area contributed by atoms with Gasteiger partial charge in [0.05, 0.1) is 0 Å². The summed E-state index contributed by atoms with van der Waals surface area (Å²) in [5, 5.41) is 3.66. The highest BCUT2D eigenvalue weighted by Crippen LogP contribution is 2.31. The van der Waals surface area contributed by atoms with Crippen LogP contribution in [0.1, 0.15) is 53.9 Å². The summed E-state index contributed by atoms with van der Waals surface area (Å²) in [7, 11) is 0. The van der Waals surface area contributed by atoms with Crippen molar-refractivity contribution in [2.75, 3.05) is 32.8 Å². The lowest BCUT2D eigenvalue weighted by Gasteiger charge is -2.43. The Kier molecular flexibility index (Phi) is 7.33. The standard InChI is InChI=1S/C16H34N2O/c1-6-9-18(15(4)5)13-16(12-17-14(2)3)7-10-19-11-8-16/h14-15,17H,6-13H2,1-5H3. The molecule has 1 fully saturated rings. The van der Waals surface area contributed by atoms with Crippen molar-refractivity contribution in [3.63, 3.8) is 0 Å². The maximum atomic E-state index is 5.59. The number of nitrogens with one attached hydrogen (secondary N) is 1. The first kappa shape index (κ1) is 16.9. The Morgan fingerprint density at radius 1 is 1.16 bits per heavy atom. The van der Waals surface area contributed by atoms with Crippen LogP contribution in [0.3, 0.4) is 0 Å². The minimum atomic E-state index is 0.405. The first-order valence-electron chi connectivity index (χ1n) is 8.04. The van der Waals surface area contributed by atoms with Gasteiger partial charge in [-0.3, -0.25) is 0 Å².